The number of carbonyl (C=O) groups is 1. The fourth-order valence-electron chi connectivity index (χ4n) is 1.58. The van der Waals surface area contributed by atoms with E-state index in [9.17, 15) is 4.79 Å². The van der Waals surface area contributed by atoms with Crippen LogP contribution in [0.15, 0.2) is 0 Å². The van der Waals surface area contributed by atoms with Crippen LogP contribution in [-0.4, -0.2) is 28.2 Å². The molecule has 1 aromatic rings. The first kappa shape index (κ1) is 12.4. The number of methoxy groups -OCH3 is 1. The quantitative estimate of drug-likeness (QED) is 0.820. The molecule has 0 saturated heterocycles. The summed E-state index contributed by atoms with van der Waals surface area (Å²) in [5.41, 5.74) is 1.75. The molecule has 0 aromatic carbocycles. The van der Waals surface area contributed by atoms with Crippen LogP contribution in [0.3, 0.4) is 0 Å². The lowest BCUT2D eigenvalue weighted by atomic mass is 10.1. The number of carboxylic acid groups (broad SMARTS) is 1. The number of aliphatic carboxylic acids is 1. The maximum atomic E-state index is 10.4. The van der Waals surface area contributed by atoms with Crippen molar-refractivity contribution in [3.63, 3.8) is 0 Å². The number of carboxylic acids is 1. The van der Waals surface area contributed by atoms with Crippen LogP contribution in [-0.2, 0) is 11.2 Å². The average molecular weight is 224 g/mol. The maximum Gasteiger partial charge on any atom is 0.303 e. The van der Waals surface area contributed by atoms with Crippen molar-refractivity contribution in [1.82, 2.24) is 9.97 Å². The predicted molar refractivity (Wildman–Crippen MR) is 58.6 cm³/mol. The second kappa shape index (κ2) is 5.44. The summed E-state index contributed by atoms with van der Waals surface area (Å²) in [4.78, 5) is 18.8. The van der Waals surface area contributed by atoms with Gasteiger partial charge in [0.15, 0.2) is 0 Å². The number of hydrogen-bond acceptors (Lipinski definition) is 4. The molecule has 0 saturated carbocycles. The van der Waals surface area contributed by atoms with Crippen molar-refractivity contribution in [1.29, 1.82) is 0 Å². The average Bonchev–Trinajstić information content (AvgIpc) is 2.20. The van der Waals surface area contributed by atoms with Gasteiger partial charge < -0.3 is 9.84 Å². The Hall–Kier alpha value is -1.65. The molecule has 0 fully saturated rings. The zero-order valence-corrected chi connectivity index (χ0v) is 9.78. The molecule has 0 spiro atoms. The van der Waals surface area contributed by atoms with Crippen molar-refractivity contribution in [2.24, 2.45) is 0 Å². The first-order valence-electron chi connectivity index (χ1n) is 5.14. The van der Waals surface area contributed by atoms with Crippen molar-refractivity contribution in [3.8, 4) is 5.88 Å². The van der Waals surface area contributed by atoms with E-state index in [1.807, 2.05) is 6.92 Å². The molecule has 0 atom stereocenters. The summed E-state index contributed by atoms with van der Waals surface area (Å²) in [6.07, 6.45) is 1.34. The molecule has 1 rings (SSSR count). The van der Waals surface area contributed by atoms with E-state index in [1.165, 1.54) is 0 Å². The number of aromatic nitrogens is 2. The van der Waals surface area contributed by atoms with Crippen molar-refractivity contribution in [2.75, 3.05) is 7.11 Å². The monoisotopic (exact) mass is 224 g/mol. The molecule has 0 aliphatic rings. The second-order valence-corrected chi connectivity index (χ2v) is 3.59. The minimum absolute atomic E-state index is 0.149. The van der Waals surface area contributed by atoms with Crippen LogP contribution in [0.5, 0.6) is 5.88 Å². The molecule has 5 heteroatoms. The third-order valence-corrected chi connectivity index (χ3v) is 2.30. The molecule has 0 bridgehead atoms. The molecule has 88 valence electrons. The van der Waals surface area contributed by atoms with Crippen LogP contribution in [0.25, 0.3) is 0 Å². The molecule has 5 nitrogen and oxygen atoms in total. The van der Waals surface area contributed by atoms with Crippen molar-refractivity contribution in [2.45, 2.75) is 33.1 Å². The van der Waals surface area contributed by atoms with Gasteiger partial charge in [0, 0.05) is 17.7 Å². The van der Waals surface area contributed by atoms with E-state index >= 15 is 0 Å². The smallest absolute Gasteiger partial charge is 0.303 e. The standard InChI is InChI=1S/C11H16N2O3/c1-7-9(5-4-6-10(14)15)11(16-3)13-8(2)12-7/h4-6H2,1-3H3,(H,14,15). The number of hydrogen-bond donors (Lipinski definition) is 1. The number of nitrogens with zero attached hydrogens (tertiary/aromatic N) is 2. The molecule has 1 aromatic heterocycles. The highest BCUT2D eigenvalue weighted by Gasteiger charge is 2.11. The largest absolute Gasteiger partial charge is 0.481 e. The molecule has 1 N–H and O–H groups in total. The van der Waals surface area contributed by atoms with Gasteiger partial charge in [-0.15, -0.1) is 0 Å². The Balaban J connectivity index is 2.81. The Morgan fingerprint density at radius 3 is 2.62 bits per heavy atom. The Kier molecular flexibility index (Phi) is 4.22. The SMILES string of the molecule is COc1nc(C)nc(C)c1CCCC(=O)O. The summed E-state index contributed by atoms with van der Waals surface area (Å²) in [7, 11) is 1.56. The lowest BCUT2D eigenvalue weighted by molar-refractivity contribution is -0.137. The molecule has 16 heavy (non-hydrogen) atoms. The Labute approximate surface area is 94.5 Å². The van der Waals surface area contributed by atoms with E-state index in [1.54, 1.807) is 14.0 Å². The number of ether oxygens (including phenoxy) is 1. The first-order chi connectivity index (χ1) is 7.54. The zero-order valence-electron chi connectivity index (χ0n) is 9.78. The Morgan fingerprint density at radius 1 is 1.38 bits per heavy atom. The van der Waals surface area contributed by atoms with Crippen LogP contribution in [0.2, 0.25) is 0 Å². The van der Waals surface area contributed by atoms with E-state index in [0.29, 0.717) is 24.5 Å². The summed E-state index contributed by atoms with van der Waals surface area (Å²) < 4.78 is 5.17. The van der Waals surface area contributed by atoms with Gasteiger partial charge in [-0.2, -0.15) is 4.98 Å². The van der Waals surface area contributed by atoms with Gasteiger partial charge in [-0.25, -0.2) is 4.98 Å². The summed E-state index contributed by atoms with van der Waals surface area (Å²) in [5.74, 6) is 0.427. The van der Waals surface area contributed by atoms with E-state index < -0.39 is 5.97 Å². The van der Waals surface area contributed by atoms with Crippen LogP contribution in [0.4, 0.5) is 0 Å². The van der Waals surface area contributed by atoms with Gasteiger partial charge in [-0.3, -0.25) is 4.79 Å². The summed E-state index contributed by atoms with van der Waals surface area (Å²) in [5, 5.41) is 8.57. The van der Waals surface area contributed by atoms with Crippen LogP contribution >= 0.6 is 0 Å². The first-order valence-corrected chi connectivity index (χ1v) is 5.14. The molecular formula is C11H16N2O3. The molecular weight excluding hydrogens is 208 g/mol. The summed E-state index contributed by atoms with van der Waals surface area (Å²) in [6, 6.07) is 0. The number of aryl methyl sites for hydroxylation is 2. The van der Waals surface area contributed by atoms with Gasteiger partial charge in [-0.1, -0.05) is 0 Å². The predicted octanol–water partition coefficient (Wildman–Crippen LogP) is 1.51. The third kappa shape index (κ3) is 3.18. The van der Waals surface area contributed by atoms with Gasteiger partial charge in [0.1, 0.15) is 5.82 Å². The fourth-order valence-corrected chi connectivity index (χ4v) is 1.58. The van der Waals surface area contributed by atoms with Gasteiger partial charge in [0.05, 0.1) is 7.11 Å². The lowest BCUT2D eigenvalue weighted by Crippen LogP contribution is -2.04. The van der Waals surface area contributed by atoms with Crippen LogP contribution in [0, 0.1) is 13.8 Å². The minimum atomic E-state index is -0.787. The van der Waals surface area contributed by atoms with E-state index in [-0.39, 0.29) is 6.42 Å². The highest BCUT2D eigenvalue weighted by atomic mass is 16.5. The summed E-state index contributed by atoms with van der Waals surface area (Å²) >= 11 is 0. The maximum absolute atomic E-state index is 10.4. The van der Waals surface area contributed by atoms with E-state index in [0.717, 1.165) is 11.3 Å². The van der Waals surface area contributed by atoms with Crippen molar-refractivity contribution < 1.29 is 14.6 Å². The Bertz CT molecular complexity index is 391. The highest BCUT2D eigenvalue weighted by molar-refractivity contribution is 5.66. The summed E-state index contributed by atoms with van der Waals surface area (Å²) in [6.45, 7) is 3.68. The normalized spacial score (nSPS) is 10.2. The van der Waals surface area contributed by atoms with E-state index in [4.69, 9.17) is 9.84 Å². The van der Waals surface area contributed by atoms with Crippen LogP contribution in [0.1, 0.15) is 29.9 Å². The molecule has 0 radical (unpaired) electrons. The van der Waals surface area contributed by atoms with Gasteiger partial charge in [-0.05, 0) is 26.7 Å². The van der Waals surface area contributed by atoms with E-state index in [2.05, 4.69) is 9.97 Å². The van der Waals surface area contributed by atoms with Gasteiger partial charge in [0.25, 0.3) is 0 Å². The second-order valence-electron chi connectivity index (χ2n) is 3.59. The molecule has 1 heterocycles. The van der Waals surface area contributed by atoms with Gasteiger partial charge >= 0.3 is 5.97 Å². The van der Waals surface area contributed by atoms with Crippen molar-refractivity contribution >= 4 is 5.97 Å². The fraction of sp³-hybridized carbons (Fsp3) is 0.545. The van der Waals surface area contributed by atoms with Crippen molar-refractivity contribution in [3.05, 3.63) is 17.1 Å². The molecule has 0 aliphatic heterocycles. The molecule has 0 amide bonds. The van der Waals surface area contributed by atoms with Crippen LogP contribution < -0.4 is 4.74 Å². The lowest BCUT2D eigenvalue weighted by Gasteiger charge is -2.10. The molecule has 0 unspecified atom stereocenters. The minimum Gasteiger partial charge on any atom is -0.481 e. The topological polar surface area (TPSA) is 72.3 Å². The third-order valence-electron chi connectivity index (χ3n) is 2.30. The Morgan fingerprint density at radius 2 is 2.06 bits per heavy atom. The van der Waals surface area contributed by atoms with Gasteiger partial charge in [0.2, 0.25) is 5.88 Å². The highest BCUT2D eigenvalue weighted by Crippen LogP contribution is 2.20. The molecule has 0 aliphatic carbocycles. The number of rotatable bonds is 5. The zero-order chi connectivity index (χ0) is 12.1.